The smallest absolute Gasteiger partial charge is 0.256 e. The van der Waals surface area contributed by atoms with E-state index in [0.717, 1.165) is 10.5 Å². The lowest BCUT2D eigenvalue weighted by Gasteiger charge is -2.50. The highest BCUT2D eigenvalue weighted by Gasteiger charge is 2.66. The first kappa shape index (κ1) is 24.2. The SMILES string of the molecule is Cc1c(O)cccc1C(=O)N[C@@H](Cc1ccccc1)[C@H](O)C(=O)N1COC2(C)[C@H]1C(=O)N2CC#N. The Morgan fingerprint density at radius 3 is 2.66 bits per heavy atom. The molecule has 2 aliphatic rings. The molecule has 0 spiro atoms. The van der Waals surface area contributed by atoms with Gasteiger partial charge in [0.1, 0.15) is 19.0 Å². The van der Waals surface area contributed by atoms with Gasteiger partial charge in [0.05, 0.1) is 12.1 Å². The zero-order chi connectivity index (χ0) is 25.3. The van der Waals surface area contributed by atoms with Crippen LogP contribution in [0.2, 0.25) is 0 Å². The van der Waals surface area contributed by atoms with Gasteiger partial charge in [0.15, 0.2) is 17.9 Å². The number of aromatic hydroxyl groups is 1. The van der Waals surface area contributed by atoms with Gasteiger partial charge in [-0.1, -0.05) is 36.4 Å². The van der Waals surface area contributed by atoms with Crippen LogP contribution in [0.15, 0.2) is 48.5 Å². The molecule has 3 N–H and O–H groups in total. The molecule has 2 heterocycles. The van der Waals surface area contributed by atoms with Crippen molar-refractivity contribution < 1.29 is 29.3 Å². The van der Waals surface area contributed by atoms with Crippen LogP contribution < -0.4 is 5.32 Å². The summed E-state index contributed by atoms with van der Waals surface area (Å²) < 4.78 is 5.67. The number of carbonyl (C=O) groups excluding carboxylic acids is 3. The zero-order valence-corrected chi connectivity index (χ0v) is 19.3. The van der Waals surface area contributed by atoms with Crippen LogP contribution >= 0.6 is 0 Å². The van der Waals surface area contributed by atoms with Gasteiger partial charge < -0.3 is 20.3 Å². The number of likely N-dealkylation sites (tertiary alicyclic amines) is 1. The molecule has 182 valence electrons. The van der Waals surface area contributed by atoms with Gasteiger partial charge in [0, 0.05) is 11.1 Å². The molecule has 1 unspecified atom stereocenters. The highest BCUT2D eigenvalue weighted by molar-refractivity contribution is 5.98. The van der Waals surface area contributed by atoms with Crippen LogP contribution in [0.3, 0.4) is 0 Å². The maximum absolute atomic E-state index is 13.3. The summed E-state index contributed by atoms with van der Waals surface area (Å²) in [5, 5.41) is 32.8. The minimum atomic E-state index is -1.68. The minimum Gasteiger partial charge on any atom is -0.508 e. The molecular weight excluding hydrogens is 452 g/mol. The highest BCUT2D eigenvalue weighted by atomic mass is 16.6. The Hall–Kier alpha value is -3.94. The fourth-order valence-electron chi connectivity index (χ4n) is 4.59. The van der Waals surface area contributed by atoms with Gasteiger partial charge in [-0.25, -0.2) is 0 Å². The van der Waals surface area contributed by atoms with Crippen molar-refractivity contribution in [1.82, 2.24) is 15.1 Å². The van der Waals surface area contributed by atoms with Crippen molar-refractivity contribution in [1.29, 1.82) is 5.26 Å². The molecule has 35 heavy (non-hydrogen) atoms. The van der Waals surface area contributed by atoms with Crippen LogP contribution in [0.4, 0.5) is 0 Å². The van der Waals surface area contributed by atoms with Gasteiger partial charge >= 0.3 is 0 Å². The third-order valence-electron chi connectivity index (χ3n) is 6.66. The van der Waals surface area contributed by atoms with Gasteiger partial charge in [-0.2, -0.15) is 5.26 Å². The number of nitriles is 1. The minimum absolute atomic E-state index is 0.0483. The Morgan fingerprint density at radius 2 is 1.97 bits per heavy atom. The Balaban J connectivity index is 1.57. The zero-order valence-electron chi connectivity index (χ0n) is 19.3. The number of phenols is 1. The molecule has 0 radical (unpaired) electrons. The Kier molecular flexibility index (Phi) is 6.47. The highest BCUT2D eigenvalue weighted by Crippen LogP contribution is 2.41. The van der Waals surface area contributed by atoms with E-state index in [1.54, 1.807) is 38.1 Å². The van der Waals surface area contributed by atoms with Crippen LogP contribution in [-0.4, -0.2) is 74.9 Å². The molecule has 0 bridgehead atoms. The van der Waals surface area contributed by atoms with Gasteiger partial charge in [-0.15, -0.1) is 0 Å². The quantitative estimate of drug-likeness (QED) is 0.392. The molecule has 10 heteroatoms. The fourth-order valence-corrected chi connectivity index (χ4v) is 4.59. The molecule has 3 amide bonds. The Labute approximate surface area is 202 Å². The molecular formula is C25H26N4O6. The Morgan fingerprint density at radius 1 is 1.26 bits per heavy atom. The number of phenolic OH excluding ortho intramolecular Hbond substituents is 1. The number of β-lactam (4-membered cyclic amide) rings is 1. The van der Waals surface area contributed by atoms with Crippen molar-refractivity contribution in [3.63, 3.8) is 0 Å². The lowest BCUT2D eigenvalue weighted by molar-refractivity contribution is -0.196. The standard InChI is InChI=1S/C25H26N4O6/c1-15-17(9-6-10-19(15)30)22(32)27-18(13-16-7-4-3-5-8-16)20(31)23(33)28-14-35-25(2)21(28)24(34)29(25)12-11-26/h3-10,18,20-21,30-31H,12-14H2,1-2H3,(H,27,32)/t18-,20-,21+,25?/m0/s1. The molecule has 2 saturated heterocycles. The number of nitrogens with zero attached hydrogens (tertiary/aromatic N) is 3. The van der Waals surface area contributed by atoms with Crippen LogP contribution in [0.25, 0.3) is 0 Å². The number of ether oxygens (including phenoxy) is 1. The predicted molar refractivity (Wildman–Crippen MR) is 123 cm³/mol. The third-order valence-corrected chi connectivity index (χ3v) is 6.66. The number of benzene rings is 2. The second-order valence-corrected chi connectivity index (χ2v) is 8.79. The summed E-state index contributed by atoms with van der Waals surface area (Å²) in [5.74, 6) is -1.81. The normalized spacial score (nSPS) is 22.6. The van der Waals surface area contributed by atoms with Crippen LogP contribution in [0, 0.1) is 18.3 Å². The van der Waals surface area contributed by atoms with E-state index in [1.165, 1.54) is 23.1 Å². The average Bonchev–Trinajstić information content (AvgIpc) is 3.17. The molecule has 0 aromatic heterocycles. The maximum atomic E-state index is 13.3. The first-order valence-corrected chi connectivity index (χ1v) is 11.1. The summed E-state index contributed by atoms with van der Waals surface area (Å²) in [6.45, 7) is 2.80. The number of amides is 3. The van der Waals surface area contributed by atoms with E-state index in [4.69, 9.17) is 10.00 Å². The molecule has 0 saturated carbocycles. The summed E-state index contributed by atoms with van der Waals surface area (Å²) in [6.07, 6.45) is -1.54. The van der Waals surface area contributed by atoms with Gasteiger partial charge in [0.25, 0.3) is 17.7 Å². The largest absolute Gasteiger partial charge is 0.508 e. The molecule has 2 fully saturated rings. The number of nitrogens with one attached hydrogen (secondary N) is 1. The van der Waals surface area contributed by atoms with E-state index < -0.39 is 41.6 Å². The summed E-state index contributed by atoms with van der Waals surface area (Å²) in [6, 6.07) is 13.5. The fraction of sp³-hybridized carbons (Fsp3) is 0.360. The van der Waals surface area contributed by atoms with Crippen molar-refractivity contribution in [2.75, 3.05) is 13.3 Å². The first-order chi connectivity index (χ1) is 16.7. The van der Waals surface area contributed by atoms with E-state index in [0.29, 0.717) is 5.56 Å². The van der Waals surface area contributed by atoms with Crippen LogP contribution in [0.1, 0.15) is 28.4 Å². The van der Waals surface area contributed by atoms with E-state index in [-0.39, 0.29) is 31.0 Å². The monoisotopic (exact) mass is 478 g/mol. The van der Waals surface area contributed by atoms with Crippen molar-refractivity contribution in [2.24, 2.45) is 0 Å². The van der Waals surface area contributed by atoms with Crippen LogP contribution in [-0.2, 0) is 20.7 Å². The average molecular weight is 479 g/mol. The van der Waals surface area contributed by atoms with E-state index in [2.05, 4.69) is 5.32 Å². The van der Waals surface area contributed by atoms with Gasteiger partial charge in [0.2, 0.25) is 0 Å². The Bertz CT molecular complexity index is 1200. The third kappa shape index (κ3) is 4.20. The van der Waals surface area contributed by atoms with Crippen molar-refractivity contribution in [3.8, 4) is 11.8 Å². The van der Waals surface area contributed by atoms with E-state index in [1.807, 2.05) is 12.1 Å². The number of aliphatic hydroxyl groups excluding tert-OH is 1. The van der Waals surface area contributed by atoms with Crippen LogP contribution in [0.5, 0.6) is 5.75 Å². The molecule has 2 aliphatic heterocycles. The maximum Gasteiger partial charge on any atom is 0.256 e. The van der Waals surface area contributed by atoms with Gasteiger partial charge in [-0.05, 0) is 38.0 Å². The molecule has 4 rings (SSSR count). The predicted octanol–water partition coefficient (Wildman–Crippen LogP) is 0.669. The number of hydrogen-bond donors (Lipinski definition) is 3. The number of hydrogen-bond acceptors (Lipinski definition) is 7. The molecule has 4 atom stereocenters. The number of carbonyl (C=O) groups is 3. The van der Waals surface area contributed by atoms with Crippen molar-refractivity contribution >= 4 is 17.7 Å². The summed E-state index contributed by atoms with van der Waals surface area (Å²) in [7, 11) is 0. The lowest BCUT2D eigenvalue weighted by Crippen LogP contribution is -2.75. The second-order valence-electron chi connectivity index (χ2n) is 8.79. The number of fused-ring (bicyclic) bond motifs is 1. The molecule has 2 aromatic carbocycles. The van der Waals surface area contributed by atoms with E-state index >= 15 is 0 Å². The molecule has 2 aromatic rings. The van der Waals surface area contributed by atoms with Gasteiger partial charge in [-0.3, -0.25) is 24.2 Å². The lowest BCUT2D eigenvalue weighted by atomic mass is 9.91. The molecule has 0 aliphatic carbocycles. The van der Waals surface area contributed by atoms with E-state index in [9.17, 15) is 24.6 Å². The summed E-state index contributed by atoms with van der Waals surface area (Å²) >= 11 is 0. The number of rotatable bonds is 7. The topological polar surface area (TPSA) is 143 Å². The van der Waals surface area contributed by atoms with Crippen molar-refractivity contribution in [2.45, 2.75) is 44.2 Å². The summed E-state index contributed by atoms with van der Waals surface area (Å²) in [5.41, 5.74) is 0.213. The number of aliphatic hydroxyl groups is 1. The molecule has 10 nitrogen and oxygen atoms in total. The first-order valence-electron chi connectivity index (χ1n) is 11.1. The van der Waals surface area contributed by atoms with Crippen molar-refractivity contribution in [3.05, 3.63) is 65.2 Å². The second kappa shape index (κ2) is 9.37. The summed E-state index contributed by atoms with van der Waals surface area (Å²) in [4.78, 5) is 41.3.